The highest BCUT2D eigenvalue weighted by Crippen LogP contribution is 2.22. The maximum absolute atomic E-state index is 4.52. The fourth-order valence-electron chi connectivity index (χ4n) is 2.27. The SMILES string of the molecule is CCNc1ncc(C)c(NC2CCCCC2)n1. The lowest BCUT2D eigenvalue weighted by atomic mass is 9.95. The molecule has 0 bridgehead atoms. The van der Waals surface area contributed by atoms with Gasteiger partial charge in [-0.25, -0.2) is 4.98 Å². The van der Waals surface area contributed by atoms with Crippen LogP contribution in [0.3, 0.4) is 0 Å². The first-order valence-electron chi connectivity index (χ1n) is 6.63. The van der Waals surface area contributed by atoms with Gasteiger partial charge in [-0.1, -0.05) is 19.3 Å². The summed E-state index contributed by atoms with van der Waals surface area (Å²) >= 11 is 0. The summed E-state index contributed by atoms with van der Waals surface area (Å²) in [4.78, 5) is 8.78. The third-order valence-corrected chi connectivity index (χ3v) is 3.25. The molecule has 0 amide bonds. The third-order valence-electron chi connectivity index (χ3n) is 3.25. The quantitative estimate of drug-likeness (QED) is 0.841. The molecule has 4 nitrogen and oxygen atoms in total. The Kier molecular flexibility index (Phi) is 4.18. The number of hydrogen-bond acceptors (Lipinski definition) is 4. The van der Waals surface area contributed by atoms with Crippen LogP contribution in [0.4, 0.5) is 11.8 Å². The van der Waals surface area contributed by atoms with E-state index in [1.807, 2.05) is 6.20 Å². The summed E-state index contributed by atoms with van der Waals surface area (Å²) in [6, 6.07) is 0.590. The Bertz CT molecular complexity index is 358. The Balaban J connectivity index is 2.04. The van der Waals surface area contributed by atoms with Gasteiger partial charge < -0.3 is 10.6 Å². The molecule has 1 heterocycles. The van der Waals surface area contributed by atoms with E-state index in [-0.39, 0.29) is 0 Å². The van der Waals surface area contributed by atoms with Crippen LogP contribution in [0.25, 0.3) is 0 Å². The van der Waals surface area contributed by atoms with Crippen LogP contribution in [0, 0.1) is 6.92 Å². The molecule has 4 heteroatoms. The topological polar surface area (TPSA) is 49.8 Å². The van der Waals surface area contributed by atoms with Crippen molar-refractivity contribution in [1.82, 2.24) is 9.97 Å². The summed E-state index contributed by atoms with van der Waals surface area (Å²) in [7, 11) is 0. The van der Waals surface area contributed by atoms with Crippen molar-refractivity contribution in [1.29, 1.82) is 0 Å². The van der Waals surface area contributed by atoms with Crippen LogP contribution >= 0.6 is 0 Å². The van der Waals surface area contributed by atoms with Gasteiger partial charge in [-0.15, -0.1) is 0 Å². The minimum absolute atomic E-state index is 0.590. The van der Waals surface area contributed by atoms with E-state index < -0.39 is 0 Å². The van der Waals surface area contributed by atoms with Gasteiger partial charge in [0.25, 0.3) is 0 Å². The largest absolute Gasteiger partial charge is 0.367 e. The predicted molar refractivity (Wildman–Crippen MR) is 71.4 cm³/mol. The summed E-state index contributed by atoms with van der Waals surface area (Å²) < 4.78 is 0. The molecular formula is C13H22N4. The average molecular weight is 234 g/mol. The summed E-state index contributed by atoms with van der Waals surface area (Å²) in [6.07, 6.45) is 8.46. The van der Waals surface area contributed by atoms with Crippen molar-refractivity contribution in [2.45, 2.75) is 52.0 Å². The van der Waals surface area contributed by atoms with E-state index in [2.05, 4.69) is 34.4 Å². The molecule has 1 aliphatic carbocycles. The van der Waals surface area contributed by atoms with Crippen molar-refractivity contribution in [3.05, 3.63) is 11.8 Å². The van der Waals surface area contributed by atoms with E-state index >= 15 is 0 Å². The molecule has 0 aromatic carbocycles. The van der Waals surface area contributed by atoms with Gasteiger partial charge in [0.15, 0.2) is 0 Å². The van der Waals surface area contributed by atoms with Crippen LogP contribution in [0.1, 0.15) is 44.6 Å². The normalized spacial score (nSPS) is 16.8. The van der Waals surface area contributed by atoms with Crippen LogP contribution < -0.4 is 10.6 Å². The van der Waals surface area contributed by atoms with Crippen LogP contribution in [0.15, 0.2) is 6.20 Å². The summed E-state index contributed by atoms with van der Waals surface area (Å²) in [5.74, 6) is 1.71. The van der Waals surface area contributed by atoms with Crippen molar-refractivity contribution < 1.29 is 0 Å². The standard InChI is InChI=1S/C13H22N4/c1-3-14-13-15-9-10(2)12(17-13)16-11-7-5-4-6-8-11/h9,11H,3-8H2,1-2H3,(H2,14,15,16,17). The number of nitrogens with one attached hydrogen (secondary N) is 2. The summed E-state index contributed by atoms with van der Waals surface area (Å²) in [5, 5.41) is 6.71. The summed E-state index contributed by atoms with van der Waals surface area (Å²) in [6.45, 7) is 4.96. The van der Waals surface area contributed by atoms with Crippen LogP contribution in [-0.4, -0.2) is 22.6 Å². The van der Waals surface area contributed by atoms with Crippen LogP contribution in [-0.2, 0) is 0 Å². The van der Waals surface area contributed by atoms with Crippen molar-refractivity contribution >= 4 is 11.8 Å². The number of aryl methyl sites for hydroxylation is 1. The van der Waals surface area contributed by atoms with Crippen LogP contribution in [0.5, 0.6) is 0 Å². The molecule has 0 saturated heterocycles. The molecule has 0 unspecified atom stereocenters. The Hall–Kier alpha value is -1.32. The Morgan fingerprint density at radius 1 is 1.29 bits per heavy atom. The van der Waals surface area contributed by atoms with E-state index in [1.165, 1.54) is 32.1 Å². The van der Waals surface area contributed by atoms with Crippen molar-refractivity contribution in [2.75, 3.05) is 17.2 Å². The molecule has 1 saturated carbocycles. The molecule has 0 aliphatic heterocycles. The molecule has 1 fully saturated rings. The van der Waals surface area contributed by atoms with Gasteiger partial charge in [0.05, 0.1) is 0 Å². The van der Waals surface area contributed by atoms with E-state index in [0.717, 1.165) is 23.9 Å². The van der Waals surface area contributed by atoms with Crippen LogP contribution in [0.2, 0.25) is 0 Å². The van der Waals surface area contributed by atoms with E-state index in [1.54, 1.807) is 0 Å². The molecule has 1 aliphatic rings. The van der Waals surface area contributed by atoms with Gasteiger partial charge in [-0.2, -0.15) is 4.98 Å². The zero-order valence-electron chi connectivity index (χ0n) is 10.8. The van der Waals surface area contributed by atoms with Gasteiger partial charge in [0, 0.05) is 24.3 Å². The first-order valence-corrected chi connectivity index (χ1v) is 6.63. The van der Waals surface area contributed by atoms with Crippen molar-refractivity contribution in [3.8, 4) is 0 Å². The van der Waals surface area contributed by atoms with Crippen molar-refractivity contribution in [3.63, 3.8) is 0 Å². The molecule has 2 N–H and O–H groups in total. The third kappa shape index (κ3) is 3.32. The smallest absolute Gasteiger partial charge is 0.224 e. The lowest BCUT2D eigenvalue weighted by Crippen LogP contribution is -2.23. The maximum Gasteiger partial charge on any atom is 0.224 e. The minimum Gasteiger partial charge on any atom is -0.367 e. The molecule has 0 radical (unpaired) electrons. The molecule has 94 valence electrons. The average Bonchev–Trinajstić information content (AvgIpc) is 2.35. The minimum atomic E-state index is 0.590. The zero-order chi connectivity index (χ0) is 12.1. The highest BCUT2D eigenvalue weighted by atomic mass is 15.1. The van der Waals surface area contributed by atoms with E-state index in [9.17, 15) is 0 Å². The molecule has 17 heavy (non-hydrogen) atoms. The first-order chi connectivity index (χ1) is 8.29. The Morgan fingerprint density at radius 2 is 2.06 bits per heavy atom. The molecule has 0 atom stereocenters. The fraction of sp³-hybridized carbons (Fsp3) is 0.692. The van der Waals surface area contributed by atoms with E-state index in [4.69, 9.17) is 0 Å². The second-order valence-corrected chi connectivity index (χ2v) is 4.73. The first kappa shape index (κ1) is 12.1. The molecule has 0 spiro atoms. The lowest BCUT2D eigenvalue weighted by Gasteiger charge is -2.24. The highest BCUT2D eigenvalue weighted by molar-refractivity contribution is 5.47. The van der Waals surface area contributed by atoms with Crippen molar-refractivity contribution in [2.24, 2.45) is 0 Å². The molecule has 1 aromatic heterocycles. The molecule has 1 aromatic rings. The monoisotopic (exact) mass is 234 g/mol. The van der Waals surface area contributed by atoms with Gasteiger partial charge in [-0.3, -0.25) is 0 Å². The van der Waals surface area contributed by atoms with Gasteiger partial charge >= 0.3 is 0 Å². The Morgan fingerprint density at radius 3 is 2.76 bits per heavy atom. The fourth-order valence-corrected chi connectivity index (χ4v) is 2.27. The Labute approximate surface area is 103 Å². The number of hydrogen-bond donors (Lipinski definition) is 2. The molecule has 2 rings (SSSR count). The van der Waals surface area contributed by atoms with Gasteiger partial charge in [-0.05, 0) is 26.7 Å². The number of anilines is 2. The summed E-state index contributed by atoms with van der Waals surface area (Å²) in [5.41, 5.74) is 1.12. The second-order valence-electron chi connectivity index (χ2n) is 4.73. The molecular weight excluding hydrogens is 212 g/mol. The van der Waals surface area contributed by atoms with E-state index in [0.29, 0.717) is 6.04 Å². The zero-order valence-corrected chi connectivity index (χ0v) is 10.8. The number of aromatic nitrogens is 2. The predicted octanol–water partition coefficient (Wildman–Crippen LogP) is 2.96. The van der Waals surface area contributed by atoms with Gasteiger partial charge in [0.2, 0.25) is 5.95 Å². The number of rotatable bonds is 4. The maximum atomic E-state index is 4.52. The lowest BCUT2D eigenvalue weighted by molar-refractivity contribution is 0.461. The number of nitrogens with zero attached hydrogens (tertiary/aromatic N) is 2. The highest BCUT2D eigenvalue weighted by Gasteiger charge is 2.14. The van der Waals surface area contributed by atoms with Gasteiger partial charge in [0.1, 0.15) is 5.82 Å². The second kappa shape index (κ2) is 5.84.